The van der Waals surface area contributed by atoms with Crippen molar-refractivity contribution in [1.29, 1.82) is 0 Å². The third-order valence-electron chi connectivity index (χ3n) is 4.09. The van der Waals surface area contributed by atoms with Gasteiger partial charge in [0.15, 0.2) is 0 Å². The van der Waals surface area contributed by atoms with Gasteiger partial charge in [0.05, 0.1) is 6.26 Å². The fraction of sp³-hybridized carbons (Fsp3) is 0.600. The Morgan fingerprint density at radius 3 is 2.87 bits per heavy atom. The van der Waals surface area contributed by atoms with Crippen LogP contribution in [0.15, 0.2) is 12.7 Å². The van der Waals surface area contributed by atoms with E-state index in [1.54, 1.807) is 10.4 Å². The molecule has 1 aliphatic rings. The molecule has 2 rings (SSSR count). The molecule has 0 saturated carbocycles. The predicted molar refractivity (Wildman–Crippen MR) is 92.7 cm³/mol. The van der Waals surface area contributed by atoms with E-state index in [2.05, 4.69) is 21.9 Å². The Hall–Kier alpha value is -1.67. The second-order valence-corrected chi connectivity index (χ2v) is 7.98. The lowest BCUT2D eigenvalue weighted by molar-refractivity contribution is 0.276. The molecule has 3 N–H and O–H groups in total. The number of nitrogens with two attached hydrogens (primary N) is 1. The number of piperidine rings is 1. The standard InChI is InChI=1S/C15H25N5O2S/c1-4-6-13-11(2)18-15(16)19-14(13)17-9-12-7-5-8-20(10-12)23(3,21)22/h4,12H,1,5-10H2,2-3H3,(H3,16,17,18,19). The van der Waals surface area contributed by atoms with E-state index in [0.717, 1.165) is 24.1 Å². The van der Waals surface area contributed by atoms with Gasteiger partial charge in [-0.3, -0.25) is 0 Å². The number of allylic oxidation sites excluding steroid dienone is 1. The van der Waals surface area contributed by atoms with Crippen molar-refractivity contribution in [3.63, 3.8) is 0 Å². The highest BCUT2D eigenvalue weighted by Crippen LogP contribution is 2.22. The zero-order valence-electron chi connectivity index (χ0n) is 13.7. The molecule has 23 heavy (non-hydrogen) atoms. The van der Waals surface area contributed by atoms with Gasteiger partial charge < -0.3 is 11.1 Å². The minimum absolute atomic E-state index is 0.235. The highest BCUT2D eigenvalue weighted by molar-refractivity contribution is 7.88. The van der Waals surface area contributed by atoms with Crippen LogP contribution in [0.1, 0.15) is 24.1 Å². The molecule has 1 aromatic heterocycles. The number of hydrogen-bond acceptors (Lipinski definition) is 6. The lowest BCUT2D eigenvalue weighted by atomic mass is 9.99. The highest BCUT2D eigenvalue weighted by Gasteiger charge is 2.26. The molecule has 7 nitrogen and oxygen atoms in total. The number of hydrogen-bond donors (Lipinski definition) is 2. The van der Waals surface area contributed by atoms with Crippen LogP contribution in [-0.2, 0) is 16.4 Å². The van der Waals surface area contributed by atoms with Crippen molar-refractivity contribution in [2.75, 3.05) is 36.9 Å². The van der Waals surface area contributed by atoms with Crippen LogP contribution in [0, 0.1) is 12.8 Å². The molecule has 128 valence electrons. The maximum absolute atomic E-state index is 11.7. The van der Waals surface area contributed by atoms with Gasteiger partial charge in [0, 0.05) is 30.9 Å². The van der Waals surface area contributed by atoms with Gasteiger partial charge in [-0.1, -0.05) is 6.08 Å². The molecule has 1 atom stereocenters. The van der Waals surface area contributed by atoms with Gasteiger partial charge in [0.25, 0.3) is 0 Å². The van der Waals surface area contributed by atoms with Crippen molar-refractivity contribution in [2.24, 2.45) is 5.92 Å². The molecule has 0 aromatic carbocycles. The second-order valence-electron chi connectivity index (χ2n) is 6.00. The van der Waals surface area contributed by atoms with Crippen molar-refractivity contribution in [3.8, 4) is 0 Å². The van der Waals surface area contributed by atoms with Gasteiger partial charge >= 0.3 is 0 Å². The Balaban J connectivity index is 2.07. The van der Waals surface area contributed by atoms with Gasteiger partial charge in [-0.2, -0.15) is 4.98 Å². The van der Waals surface area contributed by atoms with Crippen molar-refractivity contribution in [1.82, 2.24) is 14.3 Å². The first-order chi connectivity index (χ1) is 10.8. The number of nitrogens with one attached hydrogen (secondary N) is 1. The fourth-order valence-electron chi connectivity index (χ4n) is 2.89. The van der Waals surface area contributed by atoms with Gasteiger partial charge in [-0.15, -0.1) is 6.58 Å². The predicted octanol–water partition coefficient (Wildman–Crippen LogP) is 1.18. The maximum Gasteiger partial charge on any atom is 0.222 e. The normalized spacial score (nSPS) is 19.5. The summed E-state index contributed by atoms with van der Waals surface area (Å²) in [6, 6.07) is 0. The molecule has 1 fully saturated rings. The largest absolute Gasteiger partial charge is 0.369 e. The van der Waals surface area contributed by atoms with Crippen molar-refractivity contribution < 1.29 is 8.42 Å². The highest BCUT2D eigenvalue weighted by atomic mass is 32.2. The Bertz CT molecular complexity index is 675. The summed E-state index contributed by atoms with van der Waals surface area (Å²) < 4.78 is 24.9. The Morgan fingerprint density at radius 2 is 2.22 bits per heavy atom. The van der Waals surface area contributed by atoms with Gasteiger partial charge in [-0.25, -0.2) is 17.7 Å². The van der Waals surface area contributed by atoms with E-state index < -0.39 is 10.0 Å². The number of sulfonamides is 1. The zero-order valence-corrected chi connectivity index (χ0v) is 14.6. The molecule has 0 radical (unpaired) electrons. The molecule has 0 spiro atoms. The van der Waals surface area contributed by atoms with Crippen LogP contribution in [0.4, 0.5) is 11.8 Å². The van der Waals surface area contributed by atoms with Crippen LogP contribution in [0.5, 0.6) is 0 Å². The molecule has 8 heteroatoms. The number of nitrogen functional groups attached to an aromatic ring is 1. The molecule has 0 amide bonds. The third-order valence-corrected chi connectivity index (χ3v) is 5.36. The SMILES string of the molecule is C=CCc1c(C)nc(N)nc1NCC1CCCN(S(C)(=O)=O)C1. The molecular formula is C15H25N5O2S. The average molecular weight is 339 g/mol. The van der Waals surface area contributed by atoms with Crippen LogP contribution < -0.4 is 11.1 Å². The summed E-state index contributed by atoms with van der Waals surface area (Å²) in [5.74, 6) is 1.21. The number of rotatable bonds is 6. The molecule has 1 unspecified atom stereocenters. The zero-order chi connectivity index (χ0) is 17.0. The molecular weight excluding hydrogens is 314 g/mol. The first-order valence-corrected chi connectivity index (χ1v) is 9.59. The lowest BCUT2D eigenvalue weighted by Gasteiger charge is -2.31. The van der Waals surface area contributed by atoms with E-state index in [1.165, 1.54) is 6.26 Å². The first kappa shape index (κ1) is 17.7. The van der Waals surface area contributed by atoms with Crippen molar-refractivity contribution in [2.45, 2.75) is 26.2 Å². The van der Waals surface area contributed by atoms with E-state index in [1.807, 2.05) is 6.92 Å². The molecule has 0 bridgehead atoms. The number of aryl methyl sites for hydroxylation is 1. The summed E-state index contributed by atoms with van der Waals surface area (Å²) >= 11 is 0. The van der Waals surface area contributed by atoms with E-state index >= 15 is 0 Å². The quantitative estimate of drug-likeness (QED) is 0.755. The van der Waals surface area contributed by atoms with E-state index in [-0.39, 0.29) is 11.9 Å². The van der Waals surface area contributed by atoms with E-state index in [9.17, 15) is 8.42 Å². The Labute approximate surface area is 138 Å². The molecule has 1 saturated heterocycles. The van der Waals surface area contributed by atoms with Gasteiger partial charge in [0.1, 0.15) is 5.82 Å². The topological polar surface area (TPSA) is 101 Å². The summed E-state index contributed by atoms with van der Waals surface area (Å²) in [4.78, 5) is 8.46. The number of aromatic nitrogens is 2. The first-order valence-electron chi connectivity index (χ1n) is 7.74. The third kappa shape index (κ3) is 4.65. The second kappa shape index (κ2) is 7.27. The molecule has 1 aliphatic heterocycles. The number of anilines is 2. The van der Waals surface area contributed by atoms with E-state index in [4.69, 9.17) is 5.73 Å². The lowest BCUT2D eigenvalue weighted by Crippen LogP contribution is -2.41. The summed E-state index contributed by atoms with van der Waals surface area (Å²) in [5, 5.41) is 3.32. The van der Waals surface area contributed by atoms with Gasteiger partial charge in [0.2, 0.25) is 16.0 Å². The molecule has 2 heterocycles. The summed E-state index contributed by atoms with van der Waals surface area (Å²) in [5.41, 5.74) is 7.55. The molecule has 0 aliphatic carbocycles. The summed E-state index contributed by atoms with van der Waals surface area (Å²) in [6.07, 6.45) is 5.60. The summed E-state index contributed by atoms with van der Waals surface area (Å²) in [7, 11) is -3.13. The fourth-order valence-corrected chi connectivity index (χ4v) is 3.83. The number of nitrogens with zero attached hydrogens (tertiary/aromatic N) is 3. The van der Waals surface area contributed by atoms with Crippen molar-refractivity contribution >= 4 is 21.8 Å². The van der Waals surface area contributed by atoms with Crippen LogP contribution in [0.2, 0.25) is 0 Å². The van der Waals surface area contributed by atoms with E-state index in [0.29, 0.717) is 31.9 Å². The monoisotopic (exact) mass is 339 g/mol. The maximum atomic E-state index is 11.7. The van der Waals surface area contributed by atoms with Gasteiger partial charge in [-0.05, 0) is 32.1 Å². The average Bonchev–Trinajstić information content (AvgIpc) is 2.47. The minimum Gasteiger partial charge on any atom is -0.369 e. The minimum atomic E-state index is -3.13. The van der Waals surface area contributed by atoms with Crippen LogP contribution >= 0.6 is 0 Å². The smallest absolute Gasteiger partial charge is 0.222 e. The molecule has 1 aromatic rings. The van der Waals surface area contributed by atoms with Crippen LogP contribution in [0.25, 0.3) is 0 Å². The Kier molecular flexibility index (Phi) is 5.59. The van der Waals surface area contributed by atoms with Crippen LogP contribution in [-0.4, -0.2) is 48.6 Å². The Morgan fingerprint density at radius 1 is 1.48 bits per heavy atom. The van der Waals surface area contributed by atoms with Crippen LogP contribution in [0.3, 0.4) is 0 Å². The van der Waals surface area contributed by atoms with Crippen molar-refractivity contribution in [3.05, 3.63) is 23.9 Å². The summed E-state index contributed by atoms with van der Waals surface area (Å²) in [6.45, 7) is 7.47.